The van der Waals surface area contributed by atoms with E-state index in [-0.39, 0.29) is 35.9 Å². The number of nitrogens with one attached hydrogen (secondary N) is 2. The van der Waals surface area contributed by atoms with Gasteiger partial charge in [-0.3, -0.25) is 14.6 Å². The predicted molar refractivity (Wildman–Crippen MR) is 186 cm³/mol. The number of aliphatic hydroxyl groups excluding tert-OH is 1. The van der Waals surface area contributed by atoms with Crippen molar-refractivity contribution in [3.05, 3.63) is 82.2 Å². The van der Waals surface area contributed by atoms with Crippen LogP contribution < -0.4 is 0 Å². The highest BCUT2D eigenvalue weighted by molar-refractivity contribution is 5.88. The van der Waals surface area contributed by atoms with Gasteiger partial charge in [-0.15, -0.1) is 0 Å². The zero-order chi connectivity index (χ0) is 32.1. The predicted octanol–water partition coefficient (Wildman–Crippen LogP) is 6.12. The number of carbonyl (C=O) groups excluding carboxylic acids is 1. The molecule has 3 N–H and O–H groups in total. The van der Waals surface area contributed by atoms with Crippen LogP contribution in [0.4, 0.5) is 0 Å². The molecular formula is C40H48N4O3. The number of aromatic nitrogens is 2. The fraction of sp³-hybridized carbons (Fsp3) is 0.525. The van der Waals surface area contributed by atoms with E-state index >= 15 is 0 Å². The van der Waals surface area contributed by atoms with E-state index in [0.717, 1.165) is 38.8 Å². The summed E-state index contributed by atoms with van der Waals surface area (Å²) in [4.78, 5) is 26.6. The van der Waals surface area contributed by atoms with Crippen molar-refractivity contribution in [1.82, 2.24) is 19.8 Å². The average Bonchev–Trinajstić information content (AvgIpc) is 3.60. The second-order valence-electron chi connectivity index (χ2n) is 15.5. The average molecular weight is 633 g/mol. The zero-order valence-corrected chi connectivity index (χ0v) is 28.1. The number of fused-ring (bicyclic) bond motifs is 9. The monoisotopic (exact) mass is 632 g/mol. The van der Waals surface area contributed by atoms with Crippen LogP contribution in [0.15, 0.2) is 54.1 Å². The highest BCUT2D eigenvalue weighted by Gasteiger charge is 2.51. The van der Waals surface area contributed by atoms with Gasteiger partial charge in [0.15, 0.2) is 0 Å². The number of H-pyrrole nitrogens is 2. The summed E-state index contributed by atoms with van der Waals surface area (Å²) in [5.41, 5.74) is 10.6. The Bertz CT molecular complexity index is 1900. The number of esters is 1. The highest BCUT2D eigenvalue weighted by Crippen LogP contribution is 2.52. The van der Waals surface area contributed by atoms with E-state index in [1.165, 1.54) is 68.4 Å². The number of likely N-dealkylation sites (N-methyl/N-ethyl adjacent to an activating group) is 1. The Morgan fingerprint density at radius 3 is 2.64 bits per heavy atom. The van der Waals surface area contributed by atoms with Gasteiger partial charge in [0.05, 0.1) is 19.1 Å². The number of hydrogen-bond acceptors (Lipinski definition) is 5. The molecule has 4 aromatic rings. The van der Waals surface area contributed by atoms with E-state index in [2.05, 4.69) is 82.3 Å². The van der Waals surface area contributed by atoms with Crippen molar-refractivity contribution in [2.24, 2.45) is 23.7 Å². The van der Waals surface area contributed by atoms with E-state index < -0.39 is 0 Å². The number of ether oxygens (including phenoxy) is 1. The number of rotatable bonds is 3. The van der Waals surface area contributed by atoms with Crippen molar-refractivity contribution in [2.75, 3.05) is 33.8 Å². The maximum Gasteiger partial charge on any atom is 0.310 e. The Balaban J connectivity index is 1.19. The van der Waals surface area contributed by atoms with E-state index in [4.69, 9.17) is 4.74 Å². The maximum absolute atomic E-state index is 13.6. The first kappa shape index (κ1) is 29.7. The molecule has 246 valence electrons. The first-order chi connectivity index (χ1) is 22.8. The fourth-order valence-electron chi connectivity index (χ4n) is 11.2. The molecule has 6 bridgehead atoms. The third-order valence-corrected chi connectivity index (χ3v) is 13.2. The van der Waals surface area contributed by atoms with Gasteiger partial charge in [-0.05, 0) is 93.7 Å². The number of allylic oxidation sites excluding steroid dienone is 1. The van der Waals surface area contributed by atoms with Crippen molar-refractivity contribution in [2.45, 2.75) is 76.0 Å². The Morgan fingerprint density at radius 2 is 1.83 bits per heavy atom. The standard InChI is InChI=1S/C40H48N4O3/c1-5-23-20-43(3)35-18-31-25-8-6-7-9-33(25)41-38(31)30(17-29(23)36(35)40(46)47-4)24-10-11-26-27-12-13-44-19-22-14-28(21(2)45)39(44)32(15-22)37(27)42-34(26)16-24/h5-11,16,21-22,28-30,32,35-36,39,41-42,45H,12-15,17-20H2,1-4H3/b23-5-/t21-,22+,28?,29-,30-,32+,35+,36?,39+/m1/s1. The molecule has 0 spiro atoms. The molecule has 4 aliphatic heterocycles. The van der Waals surface area contributed by atoms with Gasteiger partial charge in [0.1, 0.15) is 0 Å². The Morgan fingerprint density at radius 1 is 1.02 bits per heavy atom. The topological polar surface area (TPSA) is 84.6 Å². The number of piperidine rings is 3. The number of aliphatic hydroxyl groups is 1. The first-order valence-electron chi connectivity index (χ1n) is 17.9. The van der Waals surface area contributed by atoms with Crippen LogP contribution in [0.5, 0.6) is 0 Å². The summed E-state index contributed by atoms with van der Waals surface area (Å²) in [6.07, 6.45) is 7.06. The van der Waals surface area contributed by atoms with Crippen molar-refractivity contribution >= 4 is 27.8 Å². The molecule has 4 fully saturated rings. The summed E-state index contributed by atoms with van der Waals surface area (Å²) in [6.45, 7) is 7.26. The first-order valence-corrected chi connectivity index (χ1v) is 17.9. The summed E-state index contributed by atoms with van der Waals surface area (Å²) in [7, 11) is 3.71. The molecule has 7 heteroatoms. The number of aromatic amines is 2. The molecular weight excluding hydrogens is 584 g/mol. The van der Waals surface area contributed by atoms with Crippen LogP contribution in [0.2, 0.25) is 0 Å². The molecule has 10 atom stereocenters. The molecule has 6 aliphatic rings. The van der Waals surface area contributed by atoms with Crippen molar-refractivity contribution in [3.63, 3.8) is 0 Å². The van der Waals surface area contributed by atoms with Crippen molar-refractivity contribution < 1.29 is 14.6 Å². The summed E-state index contributed by atoms with van der Waals surface area (Å²) in [6, 6.07) is 16.3. The molecule has 47 heavy (non-hydrogen) atoms. The fourth-order valence-corrected chi connectivity index (χ4v) is 11.2. The molecule has 2 aromatic heterocycles. The number of hydrogen-bond donors (Lipinski definition) is 3. The number of methoxy groups -OCH3 is 1. The van der Waals surface area contributed by atoms with Gasteiger partial charge in [-0.25, -0.2) is 0 Å². The number of benzene rings is 2. The SMILES string of the molecule is C/C=C1/CN(C)[C@H]2Cc3c([nH]c4ccccc34)[C@@H](c3ccc4c5c([nH]c4c3)[C@@H]3C[C@@H]4CC([C@@H](C)O)[C@@H]3N(CC5)C4)C[C@H]1C2C(=O)OC. The minimum Gasteiger partial charge on any atom is -0.469 e. The minimum absolute atomic E-state index is 0.0764. The number of likely N-dealkylation sites (tertiary alicyclic amines) is 1. The van der Waals surface area contributed by atoms with Crippen LogP contribution in [0.3, 0.4) is 0 Å². The molecule has 7 nitrogen and oxygen atoms in total. The lowest BCUT2D eigenvalue weighted by Crippen LogP contribution is -2.58. The van der Waals surface area contributed by atoms with E-state index in [9.17, 15) is 9.90 Å². The Kier molecular flexibility index (Phi) is 7.01. The molecule has 10 rings (SSSR count). The number of para-hydroxylation sites is 1. The van der Waals surface area contributed by atoms with Gasteiger partial charge < -0.3 is 19.8 Å². The van der Waals surface area contributed by atoms with E-state index in [1.807, 2.05) is 6.92 Å². The number of carbonyl (C=O) groups is 1. The maximum atomic E-state index is 13.6. The van der Waals surface area contributed by atoms with Gasteiger partial charge in [0.2, 0.25) is 0 Å². The van der Waals surface area contributed by atoms with Crippen LogP contribution in [-0.4, -0.2) is 82.8 Å². The Labute approximate surface area is 277 Å². The normalized spacial score (nSPS) is 34.8. The second-order valence-corrected chi connectivity index (χ2v) is 15.5. The largest absolute Gasteiger partial charge is 0.469 e. The zero-order valence-electron chi connectivity index (χ0n) is 28.1. The van der Waals surface area contributed by atoms with Crippen LogP contribution >= 0.6 is 0 Å². The van der Waals surface area contributed by atoms with Gasteiger partial charge in [0.25, 0.3) is 0 Å². The quantitative estimate of drug-likeness (QED) is 0.187. The molecule has 0 amide bonds. The molecule has 3 unspecified atom stereocenters. The van der Waals surface area contributed by atoms with Gasteiger partial charge in [0, 0.05) is 82.7 Å². The molecule has 1 saturated carbocycles. The van der Waals surface area contributed by atoms with Crippen LogP contribution in [-0.2, 0) is 22.4 Å². The molecule has 0 radical (unpaired) electrons. The smallest absolute Gasteiger partial charge is 0.310 e. The van der Waals surface area contributed by atoms with E-state index in [1.54, 1.807) is 7.11 Å². The third-order valence-electron chi connectivity index (χ3n) is 13.2. The van der Waals surface area contributed by atoms with Crippen LogP contribution in [0.1, 0.15) is 73.0 Å². The summed E-state index contributed by atoms with van der Waals surface area (Å²) >= 11 is 0. The van der Waals surface area contributed by atoms with E-state index in [0.29, 0.717) is 23.8 Å². The molecule has 3 saturated heterocycles. The van der Waals surface area contributed by atoms with Gasteiger partial charge in [-0.1, -0.05) is 42.0 Å². The minimum atomic E-state index is -0.273. The molecule has 2 aromatic carbocycles. The van der Waals surface area contributed by atoms with Crippen molar-refractivity contribution in [1.29, 1.82) is 0 Å². The number of nitrogens with zero attached hydrogens (tertiary/aromatic N) is 2. The molecule has 2 aliphatic carbocycles. The van der Waals surface area contributed by atoms with Crippen LogP contribution in [0.25, 0.3) is 21.8 Å². The summed E-state index contributed by atoms with van der Waals surface area (Å²) < 4.78 is 5.53. The van der Waals surface area contributed by atoms with Gasteiger partial charge >= 0.3 is 5.97 Å². The third kappa shape index (κ3) is 4.45. The molecule has 6 heterocycles. The highest BCUT2D eigenvalue weighted by atomic mass is 16.5. The lowest BCUT2D eigenvalue weighted by atomic mass is 9.64. The van der Waals surface area contributed by atoms with Crippen molar-refractivity contribution in [3.8, 4) is 0 Å². The summed E-state index contributed by atoms with van der Waals surface area (Å²) in [5, 5.41) is 13.4. The van der Waals surface area contributed by atoms with Crippen LogP contribution in [0, 0.1) is 23.7 Å². The lowest BCUT2D eigenvalue weighted by molar-refractivity contribution is -0.151. The Hall–Kier alpha value is -3.39. The summed E-state index contributed by atoms with van der Waals surface area (Å²) in [5.74, 6) is 1.37. The van der Waals surface area contributed by atoms with Gasteiger partial charge in [-0.2, -0.15) is 0 Å². The second kappa shape index (κ2) is 11.1. The lowest BCUT2D eigenvalue weighted by Gasteiger charge is -2.54.